The number of carbonyl (C=O) groups is 1. The van der Waals surface area contributed by atoms with Gasteiger partial charge in [0.05, 0.1) is 13.1 Å². The first kappa shape index (κ1) is 12.4. The number of Topliss-reactive ketones (excluding diaryl/α,β-unsaturated/α-hetero) is 1. The third-order valence-electron chi connectivity index (χ3n) is 0.763. The van der Waals surface area contributed by atoms with Crippen LogP contribution in [0.15, 0.2) is 11.6 Å². The Labute approximate surface area is 74.6 Å². The molecule has 4 nitrogen and oxygen atoms in total. The molecule has 0 saturated carbocycles. The summed E-state index contributed by atoms with van der Waals surface area (Å²) in [7, 11) is 0. The number of aliphatic hydroxyl groups excluding tert-OH is 1. The Bertz CT molecular complexity index is 269. The molecule has 0 aliphatic carbocycles. The molecule has 0 aromatic carbocycles. The normalized spacial score (nSPS) is 9.73. The van der Waals surface area contributed by atoms with Gasteiger partial charge in [-0.2, -0.15) is 0 Å². The van der Waals surface area contributed by atoms with Crippen molar-refractivity contribution >= 4 is 5.78 Å². The molecule has 0 amide bonds. The first-order chi connectivity index (χ1) is 4.63. The molecule has 61 valence electrons. The summed E-state index contributed by atoms with van der Waals surface area (Å²) in [5, 5.41) is 8.58. The largest absolute Gasteiger partial charge is 0.540 e. The summed E-state index contributed by atoms with van der Waals surface area (Å²) >= 11 is 0. The average Bonchev–Trinajstić information content (AvgIpc) is 1.88. The van der Waals surface area contributed by atoms with Gasteiger partial charge in [0, 0.05) is 17.1 Å². The van der Waals surface area contributed by atoms with Crippen LogP contribution in [0.1, 0.15) is 6.92 Å². The van der Waals surface area contributed by atoms with Crippen molar-refractivity contribution in [3.63, 3.8) is 0 Å². The number of rotatable bonds is 1. The fourth-order valence-electron chi connectivity index (χ4n) is 0.339. The van der Waals surface area contributed by atoms with Crippen molar-refractivity contribution < 1.29 is 27.0 Å². The van der Waals surface area contributed by atoms with Gasteiger partial charge in [-0.25, -0.2) is 9.69 Å². The zero-order valence-corrected chi connectivity index (χ0v) is 6.49. The second-order valence-electron chi connectivity index (χ2n) is 1.45. The van der Waals surface area contributed by atoms with Crippen LogP contribution in [0.3, 0.4) is 0 Å². The van der Waals surface area contributed by atoms with Crippen LogP contribution < -0.4 is 0 Å². The van der Waals surface area contributed by atoms with Crippen molar-refractivity contribution in [2.24, 2.45) is 0 Å². The van der Waals surface area contributed by atoms with Crippen LogP contribution >= 0.6 is 0 Å². The molecule has 0 rings (SSSR count). The fourth-order valence-corrected chi connectivity index (χ4v) is 0.339. The molecule has 0 aromatic rings. The fraction of sp³-hybridized carbons (Fsp3) is 0.167. The Morgan fingerprint density at radius 3 is 1.91 bits per heavy atom. The van der Waals surface area contributed by atoms with E-state index in [0.29, 0.717) is 0 Å². The summed E-state index contributed by atoms with van der Waals surface area (Å²) in [6.45, 7) is 13.7. The molecule has 0 bridgehead atoms. The van der Waals surface area contributed by atoms with E-state index < -0.39 is 17.4 Å². The van der Waals surface area contributed by atoms with Gasteiger partial charge in [0.25, 0.3) is 5.70 Å². The molecule has 0 aliphatic rings. The predicted octanol–water partition coefficient (Wildman–Crippen LogP) is 1.14. The summed E-state index contributed by atoms with van der Waals surface area (Å²) < 4.78 is 0. The van der Waals surface area contributed by atoms with Gasteiger partial charge in [0.2, 0.25) is 0 Å². The molecule has 5 heteroatoms. The van der Waals surface area contributed by atoms with Crippen molar-refractivity contribution in [3.8, 4) is 0 Å². The number of carbonyl (C=O) groups excluding carboxylic acids is 1. The number of hydrogen-bond donors (Lipinski definition) is 1. The maximum atomic E-state index is 10.4. The second kappa shape index (κ2) is 5.49. The minimum absolute atomic E-state index is 0. The van der Waals surface area contributed by atoms with Crippen molar-refractivity contribution in [2.75, 3.05) is 0 Å². The number of allylic oxidation sites excluding steroid dienone is 1. The van der Waals surface area contributed by atoms with Crippen molar-refractivity contribution in [3.05, 3.63) is 34.4 Å². The Balaban J connectivity index is 0. The third kappa shape index (κ3) is 3.42. The summed E-state index contributed by atoms with van der Waals surface area (Å²) in [5.41, 5.74) is -0.505. The predicted molar refractivity (Wildman–Crippen MR) is 33.5 cm³/mol. The van der Waals surface area contributed by atoms with Crippen LogP contribution in [0, 0.1) is 13.1 Å². The number of hydrogen-bond acceptors (Lipinski definition) is 2. The van der Waals surface area contributed by atoms with E-state index in [1.807, 2.05) is 0 Å². The Hall–Kier alpha value is -1.29. The average molecular weight is 200 g/mol. The van der Waals surface area contributed by atoms with E-state index in [2.05, 4.69) is 9.69 Å². The van der Waals surface area contributed by atoms with Crippen molar-refractivity contribution in [2.45, 2.75) is 6.92 Å². The van der Waals surface area contributed by atoms with Gasteiger partial charge in [0.1, 0.15) is 0 Å². The van der Waals surface area contributed by atoms with Crippen LogP contribution in [0.5, 0.6) is 0 Å². The van der Waals surface area contributed by atoms with Crippen molar-refractivity contribution in [1.82, 2.24) is 0 Å². The molecule has 0 fully saturated rings. The molecular formula is C6H4CuN2O2. The molecule has 0 spiro atoms. The Morgan fingerprint density at radius 1 is 1.36 bits per heavy atom. The van der Waals surface area contributed by atoms with E-state index in [9.17, 15) is 4.79 Å². The number of nitrogens with zero attached hydrogens (tertiary/aromatic N) is 2. The third-order valence-corrected chi connectivity index (χ3v) is 0.763. The van der Waals surface area contributed by atoms with E-state index in [-0.39, 0.29) is 17.1 Å². The van der Waals surface area contributed by atoms with Crippen LogP contribution in [0.4, 0.5) is 0 Å². The number of ketones is 1. The molecule has 0 saturated heterocycles. The first-order valence-corrected chi connectivity index (χ1v) is 2.32. The summed E-state index contributed by atoms with van der Waals surface area (Å²) in [5.74, 6) is -1.42. The van der Waals surface area contributed by atoms with Gasteiger partial charge >= 0.3 is 5.88 Å². The molecule has 11 heavy (non-hydrogen) atoms. The van der Waals surface area contributed by atoms with Crippen LogP contribution in [0.25, 0.3) is 9.69 Å². The Morgan fingerprint density at radius 2 is 1.82 bits per heavy atom. The minimum atomic E-state index is -0.831. The summed E-state index contributed by atoms with van der Waals surface area (Å²) in [4.78, 5) is 15.6. The molecular weight excluding hydrogens is 196 g/mol. The zero-order valence-electron chi connectivity index (χ0n) is 5.55. The molecule has 0 unspecified atom stereocenters. The van der Waals surface area contributed by atoms with Crippen molar-refractivity contribution in [1.29, 1.82) is 0 Å². The molecule has 0 aromatic heterocycles. The van der Waals surface area contributed by atoms with Crippen LogP contribution in [0.2, 0.25) is 0 Å². The maximum Gasteiger partial charge on any atom is 0.347 e. The minimum Gasteiger partial charge on any atom is -0.540 e. The first-order valence-electron chi connectivity index (χ1n) is 2.32. The van der Waals surface area contributed by atoms with Gasteiger partial charge < -0.3 is 9.90 Å². The molecule has 0 atom stereocenters. The number of aliphatic hydroxyl groups is 1. The monoisotopic (exact) mass is 199 g/mol. The van der Waals surface area contributed by atoms with Gasteiger partial charge in [-0.05, 0) is 6.92 Å². The van der Waals surface area contributed by atoms with Gasteiger partial charge in [-0.3, -0.25) is 0 Å². The second-order valence-corrected chi connectivity index (χ2v) is 1.45. The molecule has 0 heterocycles. The van der Waals surface area contributed by atoms with Gasteiger partial charge in [-0.15, -0.1) is 0 Å². The molecule has 1 radical (unpaired) electrons. The Kier molecular flexibility index (Phi) is 6.19. The standard InChI is InChI=1S/C6H4N2O2.Cu/c1-4(9)5(7-2)6(10)8-3;/h10H,1H3;/b6-5+;. The SMILES string of the molecule is [C-]#[N+]/C(O)=C(\[N+]#[C-])C(C)=O.[Cu]. The van der Waals surface area contributed by atoms with Crippen LogP contribution in [-0.2, 0) is 21.9 Å². The van der Waals surface area contributed by atoms with E-state index in [4.69, 9.17) is 18.3 Å². The zero-order chi connectivity index (χ0) is 8.15. The smallest absolute Gasteiger partial charge is 0.347 e. The molecule has 0 aliphatic heterocycles. The molecule has 1 N–H and O–H groups in total. The summed E-state index contributed by atoms with van der Waals surface area (Å²) in [6, 6.07) is 0. The maximum absolute atomic E-state index is 10.4. The van der Waals surface area contributed by atoms with Gasteiger partial charge in [-0.1, -0.05) is 0 Å². The van der Waals surface area contributed by atoms with Crippen LogP contribution in [-0.4, -0.2) is 10.9 Å². The van der Waals surface area contributed by atoms with E-state index in [0.717, 1.165) is 6.92 Å². The van der Waals surface area contributed by atoms with E-state index in [1.54, 1.807) is 0 Å². The van der Waals surface area contributed by atoms with Gasteiger partial charge in [0.15, 0.2) is 5.78 Å². The summed E-state index contributed by atoms with van der Waals surface area (Å²) in [6.07, 6.45) is 0. The quantitative estimate of drug-likeness (QED) is 0.298. The topological polar surface area (TPSA) is 46.0 Å². The van der Waals surface area contributed by atoms with E-state index >= 15 is 0 Å². The van der Waals surface area contributed by atoms with E-state index in [1.165, 1.54) is 0 Å².